The highest BCUT2D eigenvalue weighted by atomic mass is 32.2. The molecule has 0 amide bonds. The van der Waals surface area contributed by atoms with Gasteiger partial charge in [-0.25, -0.2) is 0 Å². The van der Waals surface area contributed by atoms with Crippen LogP contribution in [0.15, 0.2) is 0 Å². The summed E-state index contributed by atoms with van der Waals surface area (Å²) in [5.74, 6) is 3.75. The molecular weight excluding hydrogens is 122 g/mol. The van der Waals surface area contributed by atoms with Gasteiger partial charge in [0.15, 0.2) is 0 Å². The fraction of sp³-hybridized carbons (Fsp3) is 0.600. The van der Waals surface area contributed by atoms with Gasteiger partial charge in [0.2, 0.25) is 0 Å². The SMILES string of the molecule is C=S1OCCCN1[CH2-]. The van der Waals surface area contributed by atoms with Gasteiger partial charge in [0.25, 0.3) is 0 Å². The van der Waals surface area contributed by atoms with E-state index < -0.39 is 0 Å². The zero-order valence-electron chi connectivity index (χ0n) is 4.80. The van der Waals surface area contributed by atoms with Crippen LogP contribution in [0.1, 0.15) is 6.42 Å². The van der Waals surface area contributed by atoms with Crippen LogP contribution in [-0.4, -0.2) is 23.3 Å². The maximum Gasteiger partial charge on any atom is 0.0632 e. The van der Waals surface area contributed by atoms with Crippen LogP contribution in [0.25, 0.3) is 0 Å². The van der Waals surface area contributed by atoms with Gasteiger partial charge in [0, 0.05) is 0 Å². The molecule has 48 valence electrons. The Morgan fingerprint density at radius 1 is 1.75 bits per heavy atom. The van der Waals surface area contributed by atoms with Crippen molar-refractivity contribution < 1.29 is 4.18 Å². The fourth-order valence-corrected chi connectivity index (χ4v) is 1.36. The van der Waals surface area contributed by atoms with E-state index in [9.17, 15) is 0 Å². The van der Waals surface area contributed by atoms with Crippen molar-refractivity contribution in [3.8, 4) is 0 Å². The lowest BCUT2D eigenvalue weighted by molar-refractivity contribution is 0.297. The molecule has 1 saturated heterocycles. The Balaban J connectivity index is 2.39. The Labute approximate surface area is 52.7 Å². The van der Waals surface area contributed by atoms with Crippen LogP contribution in [0.3, 0.4) is 0 Å². The summed E-state index contributed by atoms with van der Waals surface area (Å²) in [7, 11) is 3.47. The first kappa shape index (κ1) is 6.26. The van der Waals surface area contributed by atoms with Gasteiger partial charge in [0.05, 0.1) is 6.61 Å². The van der Waals surface area contributed by atoms with Crippen molar-refractivity contribution in [3.05, 3.63) is 7.05 Å². The van der Waals surface area contributed by atoms with Gasteiger partial charge in [0.1, 0.15) is 0 Å². The normalized spacial score (nSPS) is 32.9. The van der Waals surface area contributed by atoms with E-state index in [-0.39, 0.29) is 11.0 Å². The third-order valence-corrected chi connectivity index (χ3v) is 2.26. The highest BCUT2D eigenvalue weighted by Crippen LogP contribution is 2.21. The van der Waals surface area contributed by atoms with Crippen molar-refractivity contribution in [2.75, 3.05) is 13.2 Å². The Kier molecular flexibility index (Phi) is 2.05. The van der Waals surface area contributed by atoms with E-state index in [1.807, 2.05) is 4.31 Å². The summed E-state index contributed by atoms with van der Waals surface area (Å²) in [5.41, 5.74) is 0. The average Bonchev–Trinajstić information content (AvgIpc) is 1.77. The average molecular weight is 132 g/mol. The molecule has 0 N–H and O–H groups in total. The maximum absolute atomic E-state index is 5.17. The summed E-state index contributed by atoms with van der Waals surface area (Å²) in [5, 5.41) is 0. The topological polar surface area (TPSA) is 12.5 Å². The summed E-state index contributed by atoms with van der Waals surface area (Å²) in [6.45, 7) is 1.87. The molecule has 0 aromatic carbocycles. The van der Waals surface area contributed by atoms with Crippen molar-refractivity contribution in [2.24, 2.45) is 0 Å². The molecule has 1 fully saturated rings. The minimum absolute atomic E-state index is 0.263. The molecule has 0 radical (unpaired) electrons. The molecule has 1 rings (SSSR count). The highest BCUT2D eigenvalue weighted by Gasteiger charge is 2.01. The molecular formula is C5H10NOS-. The van der Waals surface area contributed by atoms with Gasteiger partial charge >= 0.3 is 0 Å². The van der Waals surface area contributed by atoms with E-state index in [2.05, 4.69) is 12.9 Å². The van der Waals surface area contributed by atoms with Crippen molar-refractivity contribution in [1.29, 1.82) is 0 Å². The zero-order valence-corrected chi connectivity index (χ0v) is 5.62. The second-order valence-electron chi connectivity index (χ2n) is 1.70. The van der Waals surface area contributed by atoms with E-state index in [0.29, 0.717) is 0 Å². The van der Waals surface area contributed by atoms with Crippen molar-refractivity contribution >= 4 is 16.8 Å². The predicted molar refractivity (Wildman–Crippen MR) is 37.3 cm³/mol. The van der Waals surface area contributed by atoms with Gasteiger partial charge < -0.3 is 8.49 Å². The molecule has 2 nitrogen and oxygen atoms in total. The van der Waals surface area contributed by atoms with Crippen LogP contribution in [0.2, 0.25) is 0 Å². The molecule has 0 spiro atoms. The van der Waals surface area contributed by atoms with E-state index in [1.54, 1.807) is 0 Å². The Morgan fingerprint density at radius 3 is 2.88 bits per heavy atom. The molecule has 0 aromatic heterocycles. The van der Waals surface area contributed by atoms with Gasteiger partial charge in [-0.05, 0) is 29.8 Å². The summed E-state index contributed by atoms with van der Waals surface area (Å²) in [4.78, 5) is 0. The van der Waals surface area contributed by atoms with E-state index >= 15 is 0 Å². The molecule has 8 heavy (non-hydrogen) atoms. The molecule has 0 bridgehead atoms. The van der Waals surface area contributed by atoms with E-state index in [1.165, 1.54) is 0 Å². The molecule has 0 aromatic rings. The minimum Gasteiger partial charge on any atom is -0.388 e. The molecule has 0 saturated carbocycles. The highest BCUT2D eigenvalue weighted by molar-refractivity contribution is 8.07. The largest absolute Gasteiger partial charge is 0.388 e. The van der Waals surface area contributed by atoms with Gasteiger partial charge in [-0.15, -0.1) is 0 Å². The monoisotopic (exact) mass is 132 g/mol. The summed E-state index contributed by atoms with van der Waals surface area (Å²) >= 11 is 0. The third kappa shape index (κ3) is 1.31. The lowest BCUT2D eigenvalue weighted by Gasteiger charge is -2.31. The molecule has 1 aliphatic rings. The first-order chi connectivity index (χ1) is 3.80. The quantitative estimate of drug-likeness (QED) is 0.360. The van der Waals surface area contributed by atoms with Gasteiger partial charge in [-0.2, -0.15) is 0 Å². The van der Waals surface area contributed by atoms with Crippen molar-refractivity contribution in [3.63, 3.8) is 0 Å². The smallest absolute Gasteiger partial charge is 0.0632 e. The first-order valence-electron chi connectivity index (χ1n) is 2.56. The number of hydrogen-bond donors (Lipinski definition) is 0. The number of nitrogens with zero attached hydrogens (tertiary/aromatic N) is 1. The predicted octanol–water partition coefficient (Wildman–Crippen LogP) is 1.03. The van der Waals surface area contributed by atoms with Crippen LogP contribution in [0.5, 0.6) is 0 Å². The molecule has 1 unspecified atom stereocenters. The van der Waals surface area contributed by atoms with E-state index in [4.69, 9.17) is 4.18 Å². The lowest BCUT2D eigenvalue weighted by atomic mass is 10.5. The number of hydrogen-bond acceptors (Lipinski definition) is 2. The van der Waals surface area contributed by atoms with Crippen LogP contribution in [0.4, 0.5) is 0 Å². The standard InChI is InChI=1S/C5H10NOS/c1-6-4-3-5-7-8(6)2/h1-5H2/q-1. The zero-order chi connectivity index (χ0) is 5.98. The van der Waals surface area contributed by atoms with Crippen LogP contribution >= 0.6 is 11.0 Å². The Bertz CT molecular complexity index is 105. The second kappa shape index (κ2) is 2.62. The molecule has 1 heterocycles. The van der Waals surface area contributed by atoms with Crippen LogP contribution in [0, 0.1) is 7.05 Å². The summed E-state index contributed by atoms with van der Waals surface area (Å²) in [6.07, 6.45) is 1.09. The molecule has 0 aliphatic carbocycles. The molecule has 1 atom stereocenters. The Morgan fingerprint density at radius 2 is 2.50 bits per heavy atom. The lowest BCUT2D eigenvalue weighted by Crippen LogP contribution is -2.18. The maximum atomic E-state index is 5.17. The first-order valence-corrected chi connectivity index (χ1v) is 3.83. The van der Waals surface area contributed by atoms with Crippen LogP contribution < -0.4 is 0 Å². The van der Waals surface area contributed by atoms with Crippen molar-refractivity contribution in [2.45, 2.75) is 6.42 Å². The second-order valence-corrected chi connectivity index (χ2v) is 3.10. The molecule has 3 heteroatoms. The van der Waals surface area contributed by atoms with Gasteiger partial charge in [-0.3, -0.25) is 7.05 Å². The summed E-state index contributed by atoms with van der Waals surface area (Å²) < 4.78 is 7.05. The van der Waals surface area contributed by atoms with Crippen LogP contribution in [-0.2, 0) is 4.18 Å². The van der Waals surface area contributed by atoms with Gasteiger partial charge in [-0.1, -0.05) is 0 Å². The number of rotatable bonds is 0. The van der Waals surface area contributed by atoms with Crippen molar-refractivity contribution in [1.82, 2.24) is 4.31 Å². The minimum atomic E-state index is -0.263. The summed E-state index contributed by atoms with van der Waals surface area (Å²) in [6, 6.07) is 0. The van der Waals surface area contributed by atoms with E-state index in [0.717, 1.165) is 19.6 Å². The molecule has 1 aliphatic heterocycles. The Hall–Kier alpha value is 0.140. The third-order valence-electron chi connectivity index (χ3n) is 1.06. The fourth-order valence-electron chi connectivity index (χ4n) is 0.572.